The van der Waals surface area contributed by atoms with E-state index in [1.165, 1.54) is 11.6 Å². The summed E-state index contributed by atoms with van der Waals surface area (Å²) in [6.45, 7) is 0.529. The lowest BCUT2D eigenvalue weighted by atomic mass is 9.91. The fourth-order valence-corrected chi connectivity index (χ4v) is 2.66. The zero-order valence-corrected chi connectivity index (χ0v) is 10.5. The van der Waals surface area contributed by atoms with Crippen LogP contribution in [0.1, 0.15) is 16.7 Å². The van der Waals surface area contributed by atoms with Crippen LogP contribution in [0.25, 0.3) is 0 Å². The third-order valence-corrected chi connectivity index (χ3v) is 3.61. The number of nitrogens with one attached hydrogen (secondary N) is 1. The molecular formula is C16H15F2N. The number of halogens is 2. The van der Waals surface area contributed by atoms with E-state index >= 15 is 0 Å². The van der Waals surface area contributed by atoms with E-state index < -0.39 is 11.6 Å². The first-order valence-electron chi connectivity index (χ1n) is 6.46. The van der Waals surface area contributed by atoms with Gasteiger partial charge in [0, 0.05) is 18.7 Å². The lowest BCUT2D eigenvalue weighted by Gasteiger charge is -2.26. The molecule has 0 bridgehead atoms. The van der Waals surface area contributed by atoms with Gasteiger partial charge in [-0.25, -0.2) is 8.78 Å². The number of benzene rings is 2. The summed E-state index contributed by atoms with van der Waals surface area (Å²) in [5.41, 5.74) is 2.62. The molecule has 2 aromatic carbocycles. The molecule has 0 radical (unpaired) electrons. The first kappa shape index (κ1) is 12.3. The largest absolute Gasteiger partial charge is 0.309 e. The van der Waals surface area contributed by atoms with Crippen LogP contribution in [0.2, 0.25) is 0 Å². The Labute approximate surface area is 111 Å². The molecule has 1 N–H and O–H groups in total. The summed E-state index contributed by atoms with van der Waals surface area (Å²) >= 11 is 0. The minimum atomic E-state index is -0.500. The standard InChI is InChI=1S/C16H15F2N/c17-13-7-12-10-19-14(9-15(12)16(18)8-13)6-11-4-2-1-3-5-11/h1-5,7-8,14,19H,6,9-10H2. The SMILES string of the molecule is Fc1cc(F)c2c(c1)CNC(Cc1ccccc1)C2. The Kier molecular flexibility index (Phi) is 3.30. The number of fused-ring (bicyclic) bond motifs is 1. The van der Waals surface area contributed by atoms with Crippen molar-refractivity contribution in [3.63, 3.8) is 0 Å². The molecule has 0 amide bonds. The van der Waals surface area contributed by atoms with Crippen LogP contribution in [-0.4, -0.2) is 6.04 Å². The Balaban J connectivity index is 1.79. The molecule has 0 fully saturated rings. The van der Waals surface area contributed by atoms with E-state index in [0.717, 1.165) is 18.1 Å². The summed E-state index contributed by atoms with van der Waals surface area (Å²) in [4.78, 5) is 0. The monoisotopic (exact) mass is 259 g/mol. The van der Waals surface area contributed by atoms with Crippen molar-refractivity contribution >= 4 is 0 Å². The van der Waals surface area contributed by atoms with Gasteiger partial charge in [0.25, 0.3) is 0 Å². The molecule has 3 heteroatoms. The number of hydrogen-bond acceptors (Lipinski definition) is 1. The van der Waals surface area contributed by atoms with Gasteiger partial charge < -0.3 is 5.32 Å². The van der Waals surface area contributed by atoms with Crippen molar-refractivity contribution < 1.29 is 8.78 Å². The van der Waals surface area contributed by atoms with Crippen molar-refractivity contribution in [3.8, 4) is 0 Å². The van der Waals surface area contributed by atoms with E-state index in [4.69, 9.17) is 0 Å². The second-order valence-electron chi connectivity index (χ2n) is 5.00. The molecular weight excluding hydrogens is 244 g/mol. The first-order chi connectivity index (χ1) is 9.22. The highest BCUT2D eigenvalue weighted by Crippen LogP contribution is 2.23. The van der Waals surface area contributed by atoms with Gasteiger partial charge in [-0.1, -0.05) is 30.3 Å². The van der Waals surface area contributed by atoms with Gasteiger partial charge in [-0.15, -0.1) is 0 Å². The highest BCUT2D eigenvalue weighted by atomic mass is 19.1. The Morgan fingerprint density at radius 1 is 1.11 bits per heavy atom. The molecule has 19 heavy (non-hydrogen) atoms. The summed E-state index contributed by atoms with van der Waals surface area (Å²) in [5.74, 6) is -0.922. The Morgan fingerprint density at radius 2 is 1.89 bits per heavy atom. The topological polar surface area (TPSA) is 12.0 Å². The van der Waals surface area contributed by atoms with E-state index in [9.17, 15) is 8.78 Å². The van der Waals surface area contributed by atoms with Crippen molar-refractivity contribution in [1.29, 1.82) is 0 Å². The quantitative estimate of drug-likeness (QED) is 0.873. The van der Waals surface area contributed by atoms with Gasteiger partial charge in [0.05, 0.1) is 0 Å². The van der Waals surface area contributed by atoms with Crippen molar-refractivity contribution in [3.05, 3.63) is 70.8 Å². The Bertz CT molecular complexity index is 581. The molecule has 98 valence electrons. The minimum absolute atomic E-state index is 0.204. The van der Waals surface area contributed by atoms with Crippen LogP contribution >= 0.6 is 0 Å². The molecule has 1 nitrogen and oxygen atoms in total. The predicted molar refractivity (Wildman–Crippen MR) is 70.8 cm³/mol. The van der Waals surface area contributed by atoms with Crippen molar-refractivity contribution in [2.75, 3.05) is 0 Å². The lowest BCUT2D eigenvalue weighted by molar-refractivity contribution is 0.454. The highest BCUT2D eigenvalue weighted by molar-refractivity contribution is 5.33. The lowest BCUT2D eigenvalue weighted by Crippen LogP contribution is -2.37. The van der Waals surface area contributed by atoms with Gasteiger partial charge in [-0.05, 0) is 35.6 Å². The number of rotatable bonds is 2. The van der Waals surface area contributed by atoms with Crippen molar-refractivity contribution in [2.45, 2.75) is 25.4 Å². The van der Waals surface area contributed by atoms with Crippen LogP contribution in [0, 0.1) is 11.6 Å². The first-order valence-corrected chi connectivity index (χ1v) is 6.46. The molecule has 1 heterocycles. The normalized spacial score (nSPS) is 18.1. The second kappa shape index (κ2) is 5.10. The van der Waals surface area contributed by atoms with E-state index in [1.54, 1.807) is 0 Å². The smallest absolute Gasteiger partial charge is 0.129 e. The Morgan fingerprint density at radius 3 is 2.68 bits per heavy atom. The third kappa shape index (κ3) is 2.66. The maximum absolute atomic E-state index is 13.8. The average Bonchev–Trinajstić information content (AvgIpc) is 2.40. The van der Waals surface area contributed by atoms with Crippen LogP contribution in [-0.2, 0) is 19.4 Å². The molecule has 1 unspecified atom stereocenters. The fourth-order valence-electron chi connectivity index (χ4n) is 2.66. The summed E-state index contributed by atoms with van der Waals surface area (Å²) in [5, 5.41) is 3.34. The van der Waals surface area contributed by atoms with E-state index in [-0.39, 0.29) is 6.04 Å². The molecule has 0 saturated heterocycles. The molecule has 1 aliphatic heterocycles. The van der Waals surface area contributed by atoms with Crippen LogP contribution < -0.4 is 5.32 Å². The minimum Gasteiger partial charge on any atom is -0.309 e. The van der Waals surface area contributed by atoms with E-state index in [1.807, 2.05) is 18.2 Å². The van der Waals surface area contributed by atoms with Gasteiger partial charge in [0.2, 0.25) is 0 Å². The summed E-state index contributed by atoms with van der Waals surface area (Å²) in [6, 6.07) is 12.7. The highest BCUT2D eigenvalue weighted by Gasteiger charge is 2.21. The third-order valence-electron chi connectivity index (χ3n) is 3.61. The Hall–Kier alpha value is -1.74. The van der Waals surface area contributed by atoms with Crippen LogP contribution in [0.5, 0.6) is 0 Å². The van der Waals surface area contributed by atoms with Crippen molar-refractivity contribution in [1.82, 2.24) is 5.32 Å². The summed E-state index contributed by atoms with van der Waals surface area (Å²) < 4.78 is 26.9. The predicted octanol–water partition coefficient (Wildman–Crippen LogP) is 3.22. The number of hydrogen-bond donors (Lipinski definition) is 1. The van der Waals surface area contributed by atoms with Crippen molar-refractivity contribution in [2.24, 2.45) is 0 Å². The molecule has 3 rings (SSSR count). The second-order valence-corrected chi connectivity index (χ2v) is 5.00. The van der Waals surface area contributed by atoms with Gasteiger partial charge in [0.1, 0.15) is 11.6 Å². The average molecular weight is 259 g/mol. The molecule has 0 aliphatic carbocycles. The summed E-state index contributed by atoms with van der Waals surface area (Å²) in [7, 11) is 0. The molecule has 0 aromatic heterocycles. The van der Waals surface area contributed by atoms with Crippen LogP contribution in [0.3, 0.4) is 0 Å². The molecule has 0 spiro atoms. The molecule has 0 saturated carbocycles. The van der Waals surface area contributed by atoms with E-state index in [2.05, 4.69) is 17.4 Å². The van der Waals surface area contributed by atoms with E-state index in [0.29, 0.717) is 18.5 Å². The zero-order chi connectivity index (χ0) is 13.2. The fraction of sp³-hybridized carbons (Fsp3) is 0.250. The summed E-state index contributed by atoms with van der Waals surface area (Å²) in [6.07, 6.45) is 1.47. The van der Waals surface area contributed by atoms with Gasteiger partial charge in [-0.2, -0.15) is 0 Å². The maximum atomic E-state index is 13.8. The molecule has 1 aliphatic rings. The molecule has 1 atom stereocenters. The maximum Gasteiger partial charge on any atom is 0.129 e. The van der Waals surface area contributed by atoms with Crippen LogP contribution in [0.15, 0.2) is 42.5 Å². The van der Waals surface area contributed by atoms with Crippen LogP contribution in [0.4, 0.5) is 8.78 Å². The van der Waals surface area contributed by atoms with Gasteiger partial charge in [0.15, 0.2) is 0 Å². The molecule has 2 aromatic rings. The zero-order valence-electron chi connectivity index (χ0n) is 10.5. The van der Waals surface area contributed by atoms with Gasteiger partial charge >= 0.3 is 0 Å². The van der Waals surface area contributed by atoms with Gasteiger partial charge in [-0.3, -0.25) is 0 Å².